The molecule has 4 rings (SSSR count). The maximum atomic E-state index is 11.8. The molecule has 74 valence electrons. The highest BCUT2D eigenvalue weighted by molar-refractivity contribution is 5.92. The lowest BCUT2D eigenvalue weighted by atomic mass is 9.52. The quantitative estimate of drug-likeness (QED) is 0.646. The molecule has 4 saturated carbocycles. The van der Waals surface area contributed by atoms with Crippen LogP contribution >= 0.6 is 12.4 Å². The van der Waals surface area contributed by atoms with Crippen LogP contribution < -0.4 is 5.73 Å². The average Bonchev–Trinajstić information content (AvgIpc) is 1.98. The van der Waals surface area contributed by atoms with Crippen LogP contribution in [0.2, 0.25) is 0 Å². The second kappa shape index (κ2) is 2.71. The Morgan fingerprint density at radius 2 is 1.69 bits per heavy atom. The lowest BCUT2D eigenvalue weighted by Gasteiger charge is -2.53. The van der Waals surface area contributed by atoms with E-state index in [9.17, 15) is 4.79 Å². The molecular weight excluding hydrogens is 186 g/mol. The molecule has 0 radical (unpaired) electrons. The summed E-state index contributed by atoms with van der Waals surface area (Å²) in [6, 6.07) is 0. The number of Topliss-reactive ketones (excluding diaryl/α,β-unsaturated/α-hetero) is 1. The summed E-state index contributed by atoms with van der Waals surface area (Å²) in [4.78, 5) is 11.8. The first kappa shape index (κ1) is 9.47. The lowest BCUT2D eigenvalue weighted by Crippen LogP contribution is -2.62. The van der Waals surface area contributed by atoms with Gasteiger partial charge in [0.05, 0.1) is 5.54 Å². The van der Waals surface area contributed by atoms with E-state index in [2.05, 4.69) is 0 Å². The Morgan fingerprint density at radius 3 is 2.15 bits per heavy atom. The number of carbonyl (C=O) groups excluding carboxylic acids is 1. The third-order valence-corrected chi connectivity index (χ3v) is 4.07. The second-order valence-corrected chi connectivity index (χ2v) is 5.06. The molecule has 0 spiro atoms. The molecule has 0 aromatic carbocycles. The molecule has 0 heterocycles. The van der Waals surface area contributed by atoms with Crippen LogP contribution in [-0.4, -0.2) is 11.3 Å². The first-order valence-corrected chi connectivity index (χ1v) is 5.00. The fourth-order valence-corrected chi connectivity index (χ4v) is 3.83. The Kier molecular flexibility index (Phi) is 1.97. The molecular formula is C10H16ClNO. The van der Waals surface area contributed by atoms with Gasteiger partial charge >= 0.3 is 0 Å². The summed E-state index contributed by atoms with van der Waals surface area (Å²) in [5.41, 5.74) is 5.73. The summed E-state index contributed by atoms with van der Waals surface area (Å²) < 4.78 is 0. The Balaban J connectivity index is 0.000000653. The monoisotopic (exact) mass is 201 g/mol. The van der Waals surface area contributed by atoms with Gasteiger partial charge in [-0.25, -0.2) is 0 Å². The van der Waals surface area contributed by atoms with Crippen molar-refractivity contribution < 1.29 is 4.79 Å². The van der Waals surface area contributed by atoms with Crippen molar-refractivity contribution in [3.8, 4) is 0 Å². The van der Waals surface area contributed by atoms with Gasteiger partial charge in [-0.05, 0) is 43.9 Å². The smallest absolute Gasteiger partial charge is 0.155 e. The standard InChI is InChI=1S/C10H15NO.ClH/c11-10-4-6-1-7(5-10)3-8(2-6)9(10)12;/h6-8H,1-5,11H2;1H. The number of ketones is 1. The van der Waals surface area contributed by atoms with Crippen molar-refractivity contribution in [1.82, 2.24) is 0 Å². The molecule has 0 amide bonds. The van der Waals surface area contributed by atoms with Gasteiger partial charge in [0.2, 0.25) is 0 Å². The van der Waals surface area contributed by atoms with E-state index in [4.69, 9.17) is 5.73 Å². The van der Waals surface area contributed by atoms with Crippen molar-refractivity contribution in [3.63, 3.8) is 0 Å². The fraction of sp³-hybridized carbons (Fsp3) is 0.900. The van der Waals surface area contributed by atoms with Crippen LogP contribution in [-0.2, 0) is 4.79 Å². The minimum Gasteiger partial charge on any atom is -0.319 e. The molecule has 4 aliphatic rings. The summed E-state index contributed by atoms with van der Waals surface area (Å²) in [5, 5.41) is 0. The van der Waals surface area contributed by atoms with Crippen LogP contribution in [0.3, 0.4) is 0 Å². The molecule has 3 heteroatoms. The predicted octanol–water partition coefficient (Wildman–Crippen LogP) is 1.51. The summed E-state index contributed by atoms with van der Waals surface area (Å²) in [6.45, 7) is 0. The number of hydrogen-bond donors (Lipinski definition) is 1. The molecule has 4 bridgehead atoms. The third-order valence-electron chi connectivity index (χ3n) is 4.07. The lowest BCUT2D eigenvalue weighted by molar-refractivity contribution is -0.142. The van der Waals surface area contributed by atoms with Crippen LogP contribution in [0.15, 0.2) is 0 Å². The van der Waals surface area contributed by atoms with E-state index in [1.54, 1.807) is 0 Å². The highest BCUT2D eigenvalue weighted by atomic mass is 35.5. The maximum absolute atomic E-state index is 11.8. The molecule has 0 aliphatic heterocycles. The summed E-state index contributed by atoms with van der Waals surface area (Å²) in [6.07, 6.45) is 5.61. The largest absolute Gasteiger partial charge is 0.319 e. The van der Waals surface area contributed by atoms with Crippen molar-refractivity contribution in [3.05, 3.63) is 0 Å². The molecule has 4 fully saturated rings. The average molecular weight is 202 g/mol. The first-order valence-electron chi connectivity index (χ1n) is 5.00. The van der Waals surface area contributed by atoms with Crippen molar-refractivity contribution >= 4 is 18.2 Å². The Labute approximate surface area is 84.7 Å². The van der Waals surface area contributed by atoms with Crippen molar-refractivity contribution in [2.45, 2.75) is 37.6 Å². The SMILES string of the molecule is Cl.NC12CC3CC(CC(C3)C1=O)C2. The maximum Gasteiger partial charge on any atom is 0.155 e. The van der Waals surface area contributed by atoms with Gasteiger partial charge < -0.3 is 5.73 Å². The zero-order valence-corrected chi connectivity index (χ0v) is 8.48. The van der Waals surface area contributed by atoms with Crippen LogP contribution in [0, 0.1) is 17.8 Å². The Hall–Kier alpha value is -0.0800. The first-order chi connectivity index (χ1) is 5.67. The van der Waals surface area contributed by atoms with E-state index in [1.807, 2.05) is 0 Å². The van der Waals surface area contributed by atoms with Gasteiger partial charge in [0, 0.05) is 5.92 Å². The Bertz CT molecular complexity index is 239. The molecule has 2 nitrogen and oxygen atoms in total. The van der Waals surface area contributed by atoms with Crippen molar-refractivity contribution in [2.24, 2.45) is 23.5 Å². The van der Waals surface area contributed by atoms with Gasteiger partial charge in [-0.3, -0.25) is 4.79 Å². The molecule has 0 aromatic heterocycles. The summed E-state index contributed by atoms with van der Waals surface area (Å²) >= 11 is 0. The topological polar surface area (TPSA) is 43.1 Å². The van der Waals surface area contributed by atoms with Crippen LogP contribution in [0.4, 0.5) is 0 Å². The van der Waals surface area contributed by atoms with Crippen LogP contribution in [0.25, 0.3) is 0 Å². The Morgan fingerprint density at radius 1 is 1.15 bits per heavy atom. The predicted molar refractivity (Wildman–Crippen MR) is 52.7 cm³/mol. The van der Waals surface area contributed by atoms with E-state index >= 15 is 0 Å². The van der Waals surface area contributed by atoms with E-state index in [-0.39, 0.29) is 17.9 Å². The van der Waals surface area contributed by atoms with Crippen molar-refractivity contribution in [2.75, 3.05) is 0 Å². The molecule has 2 atom stereocenters. The van der Waals surface area contributed by atoms with Gasteiger partial charge in [0.25, 0.3) is 0 Å². The second-order valence-electron chi connectivity index (χ2n) is 5.06. The number of carbonyl (C=O) groups is 1. The van der Waals surface area contributed by atoms with Gasteiger partial charge in [0.1, 0.15) is 0 Å². The molecule has 4 aliphatic carbocycles. The number of nitrogens with two attached hydrogens (primary N) is 1. The molecule has 2 N–H and O–H groups in total. The van der Waals surface area contributed by atoms with Gasteiger partial charge in [0.15, 0.2) is 5.78 Å². The number of hydrogen-bond acceptors (Lipinski definition) is 2. The van der Waals surface area contributed by atoms with Crippen LogP contribution in [0.1, 0.15) is 32.1 Å². The fourth-order valence-electron chi connectivity index (χ4n) is 3.83. The third kappa shape index (κ3) is 1.15. The summed E-state index contributed by atoms with van der Waals surface area (Å²) in [7, 11) is 0. The number of rotatable bonds is 0. The molecule has 0 saturated heterocycles. The minimum atomic E-state index is -0.380. The molecule has 0 aromatic rings. The van der Waals surface area contributed by atoms with Crippen LogP contribution in [0.5, 0.6) is 0 Å². The van der Waals surface area contributed by atoms with E-state index < -0.39 is 0 Å². The van der Waals surface area contributed by atoms with E-state index in [1.165, 1.54) is 6.42 Å². The van der Waals surface area contributed by atoms with Gasteiger partial charge in [-0.15, -0.1) is 12.4 Å². The van der Waals surface area contributed by atoms with E-state index in [0.29, 0.717) is 11.7 Å². The highest BCUT2D eigenvalue weighted by Crippen LogP contribution is 2.52. The van der Waals surface area contributed by atoms with Crippen molar-refractivity contribution in [1.29, 1.82) is 0 Å². The minimum absolute atomic E-state index is 0. The molecule has 13 heavy (non-hydrogen) atoms. The summed E-state index contributed by atoms with van der Waals surface area (Å²) in [5.74, 6) is 2.30. The number of halogens is 1. The van der Waals surface area contributed by atoms with Gasteiger partial charge in [-0.2, -0.15) is 0 Å². The zero-order valence-electron chi connectivity index (χ0n) is 7.66. The normalized spacial score (nSPS) is 52.1. The van der Waals surface area contributed by atoms with E-state index in [0.717, 1.165) is 37.5 Å². The highest BCUT2D eigenvalue weighted by Gasteiger charge is 2.54. The molecule has 2 unspecified atom stereocenters. The zero-order chi connectivity index (χ0) is 8.34. The van der Waals surface area contributed by atoms with Gasteiger partial charge in [-0.1, -0.05) is 0 Å².